The van der Waals surface area contributed by atoms with Crippen molar-refractivity contribution in [1.29, 1.82) is 5.26 Å². The largest absolute Gasteiger partial charge is 1.00 e. The first kappa shape index (κ1) is 23.7. The summed E-state index contributed by atoms with van der Waals surface area (Å²) < 4.78 is 4.37. The van der Waals surface area contributed by atoms with E-state index in [9.17, 15) is 4.79 Å². The van der Waals surface area contributed by atoms with Crippen LogP contribution in [0.2, 0.25) is 0 Å². The topological polar surface area (TPSA) is 50.1 Å². The van der Waals surface area contributed by atoms with Crippen molar-refractivity contribution >= 4 is 29.8 Å². The van der Waals surface area contributed by atoms with Gasteiger partial charge in [0.15, 0.2) is 5.97 Å². The van der Waals surface area contributed by atoms with Crippen LogP contribution in [0.1, 0.15) is 6.92 Å². The Morgan fingerprint density at radius 1 is 0.857 bits per heavy atom. The first-order chi connectivity index (χ1) is 13.3. The molecule has 0 N–H and O–H groups in total. The average Bonchev–Trinajstić information content (AvgIpc) is 2.72. The van der Waals surface area contributed by atoms with Gasteiger partial charge >= 0.3 is 22.4 Å². The molecule has 0 fully saturated rings. The molecule has 0 aromatic heterocycles. The number of nitriles is 1. The third-order valence-corrected chi connectivity index (χ3v) is 5.96. The van der Waals surface area contributed by atoms with Crippen molar-refractivity contribution < 1.29 is 31.9 Å². The van der Waals surface area contributed by atoms with Crippen LogP contribution in [-0.2, 0) is 31.9 Å². The zero-order chi connectivity index (χ0) is 19.3. The number of hydrogen-bond acceptors (Lipinski definition) is 3. The molecule has 3 aromatic carbocycles. The van der Waals surface area contributed by atoms with Crippen molar-refractivity contribution in [2.45, 2.75) is 6.92 Å². The van der Waals surface area contributed by atoms with E-state index in [1.165, 1.54) is 15.9 Å². The minimum Gasteiger partial charge on any atom is -0.487 e. The van der Waals surface area contributed by atoms with E-state index >= 15 is 0 Å². The summed E-state index contributed by atoms with van der Waals surface area (Å²) >= 11 is 0. The SMILES string of the molecule is CCOC(=O)[CH-]C#N.[Au+].c1ccc(P(c2ccccc2)c2ccccc2)cc1. The van der Waals surface area contributed by atoms with Crippen LogP contribution < -0.4 is 15.9 Å². The van der Waals surface area contributed by atoms with Gasteiger partial charge in [-0.05, 0) is 30.8 Å². The number of carbonyl (C=O) groups excluding carboxylic acids is 1. The summed E-state index contributed by atoms with van der Waals surface area (Å²) in [6.07, 6.45) is 0.823. The van der Waals surface area contributed by atoms with Gasteiger partial charge in [0, 0.05) is 0 Å². The van der Waals surface area contributed by atoms with E-state index in [0.717, 1.165) is 6.42 Å². The summed E-state index contributed by atoms with van der Waals surface area (Å²) in [5, 5.41) is 12.1. The maximum Gasteiger partial charge on any atom is 1.00 e. The van der Waals surface area contributed by atoms with Crippen LogP contribution in [0.25, 0.3) is 0 Å². The Kier molecular flexibility index (Phi) is 11.7. The van der Waals surface area contributed by atoms with E-state index in [1.54, 1.807) is 13.0 Å². The summed E-state index contributed by atoms with van der Waals surface area (Å²) in [4.78, 5) is 10.1. The molecule has 0 aliphatic heterocycles. The number of nitrogens with zero attached hydrogens (tertiary/aromatic N) is 1. The quantitative estimate of drug-likeness (QED) is 0.203. The molecule has 146 valence electrons. The van der Waals surface area contributed by atoms with Gasteiger partial charge in [-0.1, -0.05) is 97.1 Å². The Bertz CT molecular complexity index is 758. The molecule has 0 saturated carbocycles. The molecular formula is C23H21AuNO2P. The summed E-state index contributed by atoms with van der Waals surface area (Å²) in [7, 11) is -0.446. The second-order valence-corrected chi connectivity index (χ2v) is 7.59. The van der Waals surface area contributed by atoms with Gasteiger partial charge in [-0.25, -0.2) is 5.26 Å². The summed E-state index contributed by atoms with van der Waals surface area (Å²) in [5.74, 6) is -0.574. The Morgan fingerprint density at radius 3 is 1.50 bits per heavy atom. The van der Waals surface area contributed by atoms with E-state index in [1.807, 2.05) is 0 Å². The van der Waals surface area contributed by atoms with Crippen molar-refractivity contribution in [3.63, 3.8) is 0 Å². The summed E-state index contributed by atoms with van der Waals surface area (Å²) in [5.41, 5.74) is 0. The Hall–Kier alpha value is -2.34. The van der Waals surface area contributed by atoms with E-state index in [4.69, 9.17) is 5.26 Å². The molecular weight excluding hydrogens is 550 g/mol. The molecule has 5 heteroatoms. The van der Waals surface area contributed by atoms with E-state index in [-0.39, 0.29) is 22.4 Å². The first-order valence-corrected chi connectivity index (χ1v) is 9.95. The van der Waals surface area contributed by atoms with E-state index in [0.29, 0.717) is 6.61 Å². The summed E-state index contributed by atoms with van der Waals surface area (Å²) in [6, 6.07) is 33.9. The van der Waals surface area contributed by atoms with Gasteiger partial charge in [-0.3, -0.25) is 4.79 Å². The third kappa shape index (κ3) is 7.72. The van der Waals surface area contributed by atoms with Gasteiger partial charge in [0.1, 0.15) is 0 Å². The molecule has 0 bridgehead atoms. The third-order valence-electron chi connectivity index (χ3n) is 3.51. The predicted molar refractivity (Wildman–Crippen MR) is 112 cm³/mol. The van der Waals surface area contributed by atoms with Crippen LogP contribution in [0.15, 0.2) is 91.0 Å². The Labute approximate surface area is 183 Å². The van der Waals surface area contributed by atoms with Gasteiger partial charge in [0.2, 0.25) is 0 Å². The van der Waals surface area contributed by atoms with Gasteiger partial charge in [-0.2, -0.15) is 6.42 Å². The van der Waals surface area contributed by atoms with Crippen LogP contribution in [0, 0.1) is 17.8 Å². The fourth-order valence-electron chi connectivity index (χ4n) is 2.42. The minimum atomic E-state index is -0.574. The van der Waals surface area contributed by atoms with Crippen LogP contribution in [0.3, 0.4) is 0 Å². The zero-order valence-corrected chi connectivity index (χ0v) is 18.5. The Balaban J connectivity index is 0.000000376. The average molecular weight is 571 g/mol. The smallest absolute Gasteiger partial charge is 0.487 e. The molecule has 3 aromatic rings. The van der Waals surface area contributed by atoms with Crippen molar-refractivity contribution in [2.24, 2.45) is 0 Å². The summed E-state index contributed by atoms with van der Waals surface area (Å²) in [6.45, 7) is 2.00. The fraction of sp³-hybridized carbons (Fsp3) is 0.0870. The van der Waals surface area contributed by atoms with Crippen molar-refractivity contribution in [3.8, 4) is 6.07 Å². The number of carbonyl (C=O) groups is 1. The number of esters is 1. The number of hydrogen-bond donors (Lipinski definition) is 0. The Morgan fingerprint density at radius 2 is 1.21 bits per heavy atom. The predicted octanol–water partition coefficient (Wildman–Crippen LogP) is 3.72. The van der Waals surface area contributed by atoms with E-state index < -0.39 is 13.9 Å². The number of benzene rings is 3. The molecule has 0 saturated heterocycles. The molecule has 0 spiro atoms. The number of ether oxygens (including phenoxy) is 1. The molecule has 3 nitrogen and oxygen atoms in total. The maximum absolute atomic E-state index is 10.1. The van der Waals surface area contributed by atoms with E-state index in [2.05, 4.69) is 95.7 Å². The second-order valence-electron chi connectivity index (χ2n) is 5.37. The maximum atomic E-state index is 10.1. The van der Waals surface area contributed by atoms with Crippen molar-refractivity contribution in [3.05, 3.63) is 97.4 Å². The van der Waals surface area contributed by atoms with Crippen LogP contribution in [0.5, 0.6) is 0 Å². The zero-order valence-electron chi connectivity index (χ0n) is 15.5. The van der Waals surface area contributed by atoms with Gasteiger partial charge < -0.3 is 4.74 Å². The van der Waals surface area contributed by atoms with Gasteiger partial charge in [0.05, 0.1) is 6.61 Å². The molecule has 0 radical (unpaired) electrons. The molecule has 0 amide bonds. The van der Waals surface area contributed by atoms with Gasteiger partial charge in [0.25, 0.3) is 0 Å². The number of rotatable bonds is 5. The molecule has 0 atom stereocenters. The van der Waals surface area contributed by atoms with Crippen molar-refractivity contribution in [2.75, 3.05) is 6.61 Å². The van der Waals surface area contributed by atoms with Gasteiger partial charge in [-0.15, -0.1) is 0 Å². The molecule has 0 aliphatic rings. The standard InChI is InChI=1S/C18H15P.C5H6NO2.Au/c1-4-10-16(11-5-1)19(17-12-6-2-7-13-17)18-14-8-3-9-15-18;1-2-8-5(7)3-4-6;/h1-15H;3H,2H2,1H3;/q;-1;+1. The van der Waals surface area contributed by atoms with Crippen LogP contribution >= 0.6 is 7.92 Å². The minimum absolute atomic E-state index is 0. The van der Waals surface area contributed by atoms with Crippen molar-refractivity contribution in [1.82, 2.24) is 0 Å². The monoisotopic (exact) mass is 571 g/mol. The molecule has 0 heterocycles. The first-order valence-electron chi connectivity index (χ1n) is 8.61. The molecule has 0 aliphatic carbocycles. The van der Waals surface area contributed by atoms with Crippen LogP contribution in [0.4, 0.5) is 0 Å². The fourth-order valence-corrected chi connectivity index (χ4v) is 4.72. The van der Waals surface area contributed by atoms with Crippen LogP contribution in [-0.4, -0.2) is 12.6 Å². The second kappa shape index (κ2) is 13.8. The normalized spacial score (nSPS) is 9.18. The molecule has 3 rings (SSSR count). The molecule has 0 unspecified atom stereocenters. The molecule has 28 heavy (non-hydrogen) atoms.